The molecule has 0 amide bonds. The van der Waals surface area contributed by atoms with Crippen molar-refractivity contribution in [3.63, 3.8) is 0 Å². The van der Waals surface area contributed by atoms with Crippen LogP contribution < -0.4 is 0 Å². The van der Waals surface area contributed by atoms with Crippen LogP contribution in [-0.4, -0.2) is 0 Å². The van der Waals surface area contributed by atoms with Crippen LogP contribution in [0.5, 0.6) is 0 Å². The molecule has 0 N–H and O–H groups in total. The van der Waals surface area contributed by atoms with Crippen molar-refractivity contribution in [1.29, 1.82) is 0 Å². The zero-order valence-electron chi connectivity index (χ0n) is 11.2. The Labute approximate surface area is 89.8 Å². The number of benzene rings is 1. The molecular formula is C14H22. The van der Waals surface area contributed by atoms with Crippen molar-refractivity contribution in [3.05, 3.63) is 34.9 Å². The summed E-state index contributed by atoms with van der Waals surface area (Å²) in [5.74, 6) is -0.508. The minimum atomic E-state index is -0.508. The highest BCUT2D eigenvalue weighted by atomic mass is 14.2. The molecule has 0 heteroatoms. The molecule has 0 saturated heterocycles. The third kappa shape index (κ3) is 2.60. The van der Waals surface area contributed by atoms with Gasteiger partial charge in [-0.2, -0.15) is 0 Å². The molecule has 0 aliphatic heterocycles. The van der Waals surface area contributed by atoms with Gasteiger partial charge in [0.1, 0.15) is 0 Å². The summed E-state index contributed by atoms with van der Waals surface area (Å²) < 4.78 is 8.07. The van der Waals surface area contributed by atoms with Crippen molar-refractivity contribution < 1.29 is 1.37 Å². The Kier molecular flexibility index (Phi) is 2.62. The second-order valence-electron chi connectivity index (χ2n) is 5.34. The van der Waals surface area contributed by atoms with Crippen LogP contribution in [0.25, 0.3) is 0 Å². The van der Waals surface area contributed by atoms with E-state index in [2.05, 4.69) is 45.9 Å². The van der Waals surface area contributed by atoms with Crippen molar-refractivity contribution in [2.24, 2.45) is 0 Å². The Hall–Kier alpha value is -0.780. The van der Waals surface area contributed by atoms with Gasteiger partial charge in [-0.05, 0) is 29.4 Å². The Morgan fingerprint density at radius 3 is 2.14 bits per heavy atom. The van der Waals surface area contributed by atoms with E-state index in [-0.39, 0.29) is 5.41 Å². The fourth-order valence-electron chi connectivity index (χ4n) is 1.50. The summed E-state index contributed by atoms with van der Waals surface area (Å²) in [5.41, 5.74) is 3.83. The number of rotatable bonds is 1. The van der Waals surface area contributed by atoms with Crippen molar-refractivity contribution in [2.45, 2.75) is 52.9 Å². The summed E-state index contributed by atoms with van der Waals surface area (Å²) in [6.07, 6.45) is 0. The quantitative estimate of drug-likeness (QED) is 0.616. The van der Waals surface area contributed by atoms with Crippen LogP contribution in [0.4, 0.5) is 0 Å². The molecule has 0 nitrogen and oxygen atoms in total. The van der Waals surface area contributed by atoms with E-state index >= 15 is 0 Å². The normalized spacial score (nSPS) is 14.0. The summed E-state index contributed by atoms with van der Waals surface area (Å²) in [6, 6.07) is 6.50. The first-order chi connectivity index (χ1) is 6.60. The summed E-state index contributed by atoms with van der Waals surface area (Å²) in [4.78, 5) is 0. The first-order valence-electron chi connectivity index (χ1n) is 5.73. The van der Waals surface area contributed by atoms with Crippen molar-refractivity contribution in [1.82, 2.24) is 0 Å². The smallest absolute Gasteiger partial charge is 0.0347 e. The maximum atomic E-state index is 8.07. The Morgan fingerprint density at radius 1 is 1.14 bits per heavy atom. The standard InChI is InChI=1S/C14H22/c1-10(2)12-7-11(3)8-13(9-12)14(4,5)6/h7-10H,1-6H3/i10D. The van der Waals surface area contributed by atoms with E-state index in [4.69, 9.17) is 1.37 Å². The predicted octanol–water partition coefficient (Wildman–Crippen LogP) is 4.42. The van der Waals surface area contributed by atoms with Gasteiger partial charge in [-0.25, -0.2) is 0 Å². The second kappa shape index (κ2) is 3.76. The Morgan fingerprint density at radius 2 is 1.71 bits per heavy atom. The van der Waals surface area contributed by atoms with Gasteiger partial charge in [-0.1, -0.05) is 58.4 Å². The van der Waals surface area contributed by atoms with E-state index in [1.165, 1.54) is 11.1 Å². The van der Waals surface area contributed by atoms with Crippen LogP contribution in [0.1, 0.15) is 58.6 Å². The topological polar surface area (TPSA) is 0 Å². The van der Waals surface area contributed by atoms with Crippen LogP contribution in [0, 0.1) is 6.92 Å². The minimum Gasteiger partial charge on any atom is -0.0587 e. The number of hydrogen-bond acceptors (Lipinski definition) is 0. The molecule has 0 aliphatic rings. The van der Waals surface area contributed by atoms with Gasteiger partial charge >= 0.3 is 0 Å². The van der Waals surface area contributed by atoms with Gasteiger partial charge in [0.15, 0.2) is 0 Å². The van der Waals surface area contributed by atoms with E-state index in [0.717, 1.165) is 5.56 Å². The van der Waals surface area contributed by atoms with Crippen molar-refractivity contribution in [3.8, 4) is 0 Å². The zero-order valence-corrected chi connectivity index (χ0v) is 10.2. The lowest BCUT2D eigenvalue weighted by atomic mass is 9.84. The summed E-state index contributed by atoms with van der Waals surface area (Å²) in [5, 5.41) is 0. The first-order valence-corrected chi connectivity index (χ1v) is 5.23. The predicted molar refractivity (Wildman–Crippen MR) is 64.0 cm³/mol. The van der Waals surface area contributed by atoms with Gasteiger partial charge in [-0.15, -0.1) is 0 Å². The summed E-state index contributed by atoms with van der Waals surface area (Å²) >= 11 is 0. The fraction of sp³-hybridized carbons (Fsp3) is 0.571. The Balaban J connectivity index is 3.30. The molecule has 78 valence electrons. The van der Waals surface area contributed by atoms with E-state index in [1.807, 2.05) is 13.8 Å². The molecule has 1 aromatic carbocycles. The second-order valence-corrected chi connectivity index (χ2v) is 5.34. The number of hydrogen-bond donors (Lipinski definition) is 0. The van der Waals surface area contributed by atoms with Gasteiger partial charge in [-0.3, -0.25) is 0 Å². The van der Waals surface area contributed by atoms with Crippen LogP contribution in [0.3, 0.4) is 0 Å². The monoisotopic (exact) mass is 191 g/mol. The van der Waals surface area contributed by atoms with Crippen LogP contribution in [0.15, 0.2) is 18.2 Å². The highest BCUT2D eigenvalue weighted by molar-refractivity contribution is 5.34. The zero-order chi connectivity index (χ0) is 11.9. The van der Waals surface area contributed by atoms with E-state index in [1.54, 1.807) is 0 Å². The van der Waals surface area contributed by atoms with Crippen LogP contribution in [0.2, 0.25) is 0 Å². The molecular weight excluding hydrogens is 168 g/mol. The van der Waals surface area contributed by atoms with Gasteiger partial charge in [0, 0.05) is 1.37 Å². The van der Waals surface area contributed by atoms with Crippen molar-refractivity contribution in [2.75, 3.05) is 0 Å². The van der Waals surface area contributed by atoms with E-state index in [0.29, 0.717) is 0 Å². The molecule has 0 atom stereocenters. The molecule has 14 heavy (non-hydrogen) atoms. The summed E-state index contributed by atoms with van der Waals surface area (Å²) in [6.45, 7) is 12.6. The molecule has 0 fully saturated rings. The van der Waals surface area contributed by atoms with Gasteiger partial charge in [0.2, 0.25) is 0 Å². The van der Waals surface area contributed by atoms with Gasteiger partial charge in [0.25, 0.3) is 0 Å². The number of aryl methyl sites for hydroxylation is 1. The lowest BCUT2D eigenvalue weighted by Gasteiger charge is -2.21. The van der Waals surface area contributed by atoms with E-state index in [9.17, 15) is 0 Å². The third-order valence-corrected chi connectivity index (χ3v) is 2.52. The van der Waals surface area contributed by atoms with Crippen molar-refractivity contribution >= 4 is 0 Å². The van der Waals surface area contributed by atoms with Gasteiger partial charge < -0.3 is 0 Å². The third-order valence-electron chi connectivity index (χ3n) is 2.52. The molecule has 0 unspecified atom stereocenters. The highest BCUT2D eigenvalue weighted by Crippen LogP contribution is 2.27. The largest absolute Gasteiger partial charge is 0.0587 e. The molecule has 0 aromatic heterocycles. The first kappa shape index (κ1) is 9.76. The maximum Gasteiger partial charge on any atom is 0.0347 e. The molecule has 0 spiro atoms. The minimum absolute atomic E-state index is 0.159. The Bertz CT molecular complexity index is 318. The van der Waals surface area contributed by atoms with Crippen LogP contribution in [-0.2, 0) is 5.41 Å². The average molecular weight is 191 g/mol. The highest BCUT2D eigenvalue weighted by Gasteiger charge is 2.15. The molecule has 0 radical (unpaired) electrons. The molecule has 1 aromatic rings. The van der Waals surface area contributed by atoms with Gasteiger partial charge in [0.05, 0.1) is 0 Å². The molecule has 0 saturated carbocycles. The molecule has 1 rings (SSSR count). The summed E-state index contributed by atoms with van der Waals surface area (Å²) in [7, 11) is 0. The molecule has 0 aliphatic carbocycles. The lowest BCUT2D eigenvalue weighted by Crippen LogP contribution is -2.12. The molecule has 0 bridgehead atoms. The lowest BCUT2D eigenvalue weighted by molar-refractivity contribution is 0.588. The fourth-order valence-corrected chi connectivity index (χ4v) is 1.50. The average Bonchev–Trinajstić information content (AvgIpc) is 1.99. The van der Waals surface area contributed by atoms with Crippen LogP contribution >= 0.6 is 0 Å². The maximum absolute atomic E-state index is 8.07. The van der Waals surface area contributed by atoms with E-state index < -0.39 is 5.89 Å². The molecule has 0 heterocycles. The SMILES string of the molecule is [2H]C(C)(C)c1cc(C)cc(C(C)(C)C)c1.